The Hall–Kier alpha value is -1.84. The quantitative estimate of drug-likeness (QED) is 0.472. The van der Waals surface area contributed by atoms with Crippen LogP contribution in [0.25, 0.3) is 20.5 Å². The molecule has 0 N–H and O–H groups in total. The molecule has 0 bridgehead atoms. The van der Waals surface area contributed by atoms with E-state index in [0.29, 0.717) is 0 Å². The SMILES string of the molecule is CC(OC(=O)CCl)c1ccc(-c2cc3ccccc3s2)cc1. The standard InChI is InChI=1S/C18H15ClO2S/c1-12(21-18(20)11-19)13-6-8-14(9-7-13)17-10-15-4-2-3-5-16(15)22-17/h2-10,12H,11H2,1H3. The third-order valence-corrected chi connectivity index (χ3v) is 4.89. The van der Waals surface area contributed by atoms with E-state index >= 15 is 0 Å². The van der Waals surface area contributed by atoms with Gasteiger partial charge >= 0.3 is 5.97 Å². The van der Waals surface area contributed by atoms with Gasteiger partial charge < -0.3 is 4.74 Å². The Balaban J connectivity index is 1.83. The molecule has 2 nitrogen and oxygen atoms in total. The van der Waals surface area contributed by atoms with Crippen molar-refractivity contribution in [3.8, 4) is 10.4 Å². The van der Waals surface area contributed by atoms with Gasteiger partial charge in [0, 0.05) is 9.58 Å². The predicted molar refractivity (Wildman–Crippen MR) is 92.5 cm³/mol. The lowest BCUT2D eigenvalue weighted by atomic mass is 10.1. The van der Waals surface area contributed by atoms with Gasteiger partial charge in [0.25, 0.3) is 0 Å². The molecule has 1 heterocycles. The van der Waals surface area contributed by atoms with Crippen molar-refractivity contribution in [2.24, 2.45) is 0 Å². The molecule has 3 rings (SSSR count). The Morgan fingerprint density at radius 1 is 1.18 bits per heavy atom. The highest BCUT2D eigenvalue weighted by molar-refractivity contribution is 7.22. The van der Waals surface area contributed by atoms with Crippen LogP contribution in [-0.2, 0) is 9.53 Å². The number of hydrogen-bond acceptors (Lipinski definition) is 3. The van der Waals surface area contributed by atoms with Gasteiger partial charge in [0.15, 0.2) is 0 Å². The largest absolute Gasteiger partial charge is 0.457 e. The third-order valence-electron chi connectivity index (χ3n) is 3.51. The number of hydrogen-bond donors (Lipinski definition) is 0. The van der Waals surface area contributed by atoms with Gasteiger partial charge in [-0.05, 0) is 35.6 Å². The van der Waals surface area contributed by atoms with Gasteiger partial charge in [-0.2, -0.15) is 0 Å². The van der Waals surface area contributed by atoms with Gasteiger partial charge in [0.05, 0.1) is 0 Å². The first kappa shape index (κ1) is 15.1. The fraction of sp³-hybridized carbons (Fsp3) is 0.167. The zero-order chi connectivity index (χ0) is 15.5. The lowest BCUT2D eigenvalue weighted by molar-refractivity contribution is -0.145. The summed E-state index contributed by atoms with van der Waals surface area (Å²) in [5.41, 5.74) is 2.13. The molecule has 0 aliphatic carbocycles. The van der Waals surface area contributed by atoms with Crippen molar-refractivity contribution in [2.75, 3.05) is 5.88 Å². The number of fused-ring (bicyclic) bond motifs is 1. The summed E-state index contributed by atoms with van der Waals surface area (Å²) >= 11 is 7.23. The van der Waals surface area contributed by atoms with Crippen LogP contribution < -0.4 is 0 Å². The van der Waals surface area contributed by atoms with Crippen LogP contribution in [0.1, 0.15) is 18.6 Å². The Kier molecular flexibility index (Phi) is 4.46. The van der Waals surface area contributed by atoms with Crippen molar-refractivity contribution in [1.29, 1.82) is 0 Å². The molecular formula is C18H15ClO2S. The molecule has 4 heteroatoms. The van der Waals surface area contributed by atoms with Crippen molar-refractivity contribution >= 4 is 39.0 Å². The van der Waals surface area contributed by atoms with Gasteiger partial charge in [0.1, 0.15) is 12.0 Å². The van der Waals surface area contributed by atoms with Crippen LogP contribution in [0, 0.1) is 0 Å². The van der Waals surface area contributed by atoms with Crippen LogP contribution in [0.3, 0.4) is 0 Å². The number of benzene rings is 2. The van der Waals surface area contributed by atoms with E-state index in [1.807, 2.05) is 19.1 Å². The van der Waals surface area contributed by atoms with E-state index in [-0.39, 0.29) is 12.0 Å². The minimum absolute atomic E-state index is 0.121. The number of esters is 1. The van der Waals surface area contributed by atoms with Crippen molar-refractivity contribution < 1.29 is 9.53 Å². The molecule has 22 heavy (non-hydrogen) atoms. The Morgan fingerprint density at radius 3 is 2.59 bits per heavy atom. The van der Waals surface area contributed by atoms with Gasteiger partial charge in [-0.25, -0.2) is 0 Å². The first-order chi connectivity index (χ1) is 10.7. The van der Waals surface area contributed by atoms with Gasteiger partial charge in [-0.3, -0.25) is 4.79 Å². The van der Waals surface area contributed by atoms with Gasteiger partial charge in [0.2, 0.25) is 0 Å². The molecule has 0 spiro atoms. The summed E-state index contributed by atoms with van der Waals surface area (Å²) in [6.45, 7) is 1.85. The highest BCUT2D eigenvalue weighted by atomic mass is 35.5. The average Bonchev–Trinajstić information content (AvgIpc) is 2.98. The summed E-state index contributed by atoms with van der Waals surface area (Å²) in [5, 5.41) is 1.26. The third kappa shape index (κ3) is 3.16. The van der Waals surface area contributed by atoms with Crippen molar-refractivity contribution in [1.82, 2.24) is 0 Å². The molecule has 3 aromatic rings. The predicted octanol–water partition coefficient (Wildman–Crippen LogP) is 5.41. The molecular weight excluding hydrogens is 316 g/mol. The van der Waals surface area contributed by atoms with Crippen molar-refractivity contribution in [3.05, 3.63) is 60.2 Å². The maximum atomic E-state index is 11.2. The Morgan fingerprint density at radius 2 is 1.91 bits per heavy atom. The molecule has 2 aromatic carbocycles. The number of carbonyl (C=O) groups is 1. The summed E-state index contributed by atoms with van der Waals surface area (Å²) < 4.78 is 6.49. The number of thiophene rings is 1. The van der Waals surface area contributed by atoms with Gasteiger partial charge in [-0.1, -0.05) is 42.5 Å². The number of alkyl halides is 1. The Bertz CT molecular complexity index is 759. The van der Waals surface area contributed by atoms with Crippen LogP contribution in [0.5, 0.6) is 0 Å². The molecule has 0 radical (unpaired) electrons. The number of carbonyl (C=O) groups excluding carboxylic acids is 1. The molecule has 0 aliphatic rings. The maximum absolute atomic E-state index is 11.2. The molecule has 112 valence electrons. The number of ether oxygens (including phenoxy) is 1. The van der Waals surface area contributed by atoms with E-state index in [1.165, 1.54) is 20.5 Å². The summed E-state index contributed by atoms with van der Waals surface area (Å²) in [6.07, 6.45) is -0.289. The van der Waals surface area contributed by atoms with Crippen molar-refractivity contribution in [3.63, 3.8) is 0 Å². The molecule has 0 aliphatic heterocycles. The average molecular weight is 331 g/mol. The van der Waals surface area contributed by atoms with Crippen LogP contribution in [0.2, 0.25) is 0 Å². The summed E-state index contributed by atoms with van der Waals surface area (Å²) in [6, 6.07) is 18.7. The zero-order valence-electron chi connectivity index (χ0n) is 12.1. The lowest BCUT2D eigenvalue weighted by Crippen LogP contribution is -2.09. The second kappa shape index (κ2) is 6.51. The first-order valence-electron chi connectivity index (χ1n) is 7.02. The molecule has 1 atom stereocenters. The maximum Gasteiger partial charge on any atom is 0.321 e. The minimum Gasteiger partial charge on any atom is -0.457 e. The normalized spacial score (nSPS) is 12.3. The lowest BCUT2D eigenvalue weighted by Gasteiger charge is -2.13. The van der Waals surface area contributed by atoms with Crippen LogP contribution >= 0.6 is 22.9 Å². The van der Waals surface area contributed by atoms with E-state index in [4.69, 9.17) is 16.3 Å². The minimum atomic E-state index is -0.400. The monoisotopic (exact) mass is 330 g/mol. The molecule has 1 unspecified atom stereocenters. The number of rotatable bonds is 4. The van der Waals surface area contributed by atoms with Crippen LogP contribution in [0.4, 0.5) is 0 Å². The highest BCUT2D eigenvalue weighted by Crippen LogP contribution is 2.34. The molecule has 0 saturated heterocycles. The van der Waals surface area contributed by atoms with Crippen molar-refractivity contribution in [2.45, 2.75) is 13.0 Å². The molecule has 0 fully saturated rings. The Labute approximate surface area is 138 Å². The van der Waals surface area contributed by atoms with E-state index in [1.54, 1.807) is 11.3 Å². The highest BCUT2D eigenvalue weighted by Gasteiger charge is 2.11. The van der Waals surface area contributed by atoms with E-state index < -0.39 is 5.97 Å². The first-order valence-corrected chi connectivity index (χ1v) is 8.37. The van der Waals surface area contributed by atoms with E-state index in [2.05, 4.69) is 42.5 Å². The van der Waals surface area contributed by atoms with Gasteiger partial charge in [-0.15, -0.1) is 22.9 Å². The van der Waals surface area contributed by atoms with E-state index in [9.17, 15) is 4.79 Å². The fourth-order valence-corrected chi connectivity index (χ4v) is 3.47. The van der Waals surface area contributed by atoms with Crippen LogP contribution in [0.15, 0.2) is 54.6 Å². The second-order valence-electron chi connectivity index (χ2n) is 5.04. The zero-order valence-corrected chi connectivity index (χ0v) is 13.7. The fourth-order valence-electron chi connectivity index (χ4n) is 2.34. The van der Waals surface area contributed by atoms with E-state index in [0.717, 1.165) is 5.56 Å². The summed E-state index contributed by atoms with van der Waals surface area (Å²) in [4.78, 5) is 12.5. The summed E-state index contributed by atoms with van der Waals surface area (Å²) in [7, 11) is 0. The molecule has 0 amide bonds. The molecule has 0 saturated carbocycles. The summed E-state index contributed by atoms with van der Waals surface area (Å²) in [5.74, 6) is -0.521. The topological polar surface area (TPSA) is 26.3 Å². The number of halogens is 1. The molecule has 1 aromatic heterocycles. The smallest absolute Gasteiger partial charge is 0.321 e. The second-order valence-corrected chi connectivity index (χ2v) is 6.39. The van der Waals surface area contributed by atoms with Crippen LogP contribution in [-0.4, -0.2) is 11.8 Å².